The highest BCUT2D eigenvalue weighted by Gasteiger charge is 2.33. The van der Waals surface area contributed by atoms with E-state index in [1.54, 1.807) is 5.57 Å². The maximum Gasteiger partial charge on any atom is 0.0224 e. The molecule has 0 N–H and O–H groups in total. The summed E-state index contributed by atoms with van der Waals surface area (Å²) >= 11 is 0. The van der Waals surface area contributed by atoms with Crippen LogP contribution in [-0.4, -0.2) is 48.1 Å². The third kappa shape index (κ3) is 2.58. The molecule has 1 aliphatic carbocycles. The fraction of sp³-hybridized carbons (Fsp3) is 0.867. The van der Waals surface area contributed by atoms with Gasteiger partial charge in [0.1, 0.15) is 0 Å². The number of hydrogen-bond donors (Lipinski definition) is 0. The van der Waals surface area contributed by atoms with Crippen LogP contribution in [0.2, 0.25) is 0 Å². The van der Waals surface area contributed by atoms with Crippen LogP contribution in [0.25, 0.3) is 0 Å². The summed E-state index contributed by atoms with van der Waals surface area (Å²) in [5.41, 5.74) is 1.73. The number of piperazine rings is 1. The molecule has 0 radical (unpaired) electrons. The Balaban J connectivity index is 1.52. The van der Waals surface area contributed by atoms with E-state index in [9.17, 15) is 0 Å². The van der Waals surface area contributed by atoms with Gasteiger partial charge in [-0.2, -0.15) is 0 Å². The van der Waals surface area contributed by atoms with Crippen LogP contribution < -0.4 is 0 Å². The van der Waals surface area contributed by atoms with Gasteiger partial charge < -0.3 is 0 Å². The Hall–Kier alpha value is -0.340. The second kappa shape index (κ2) is 5.11. The first kappa shape index (κ1) is 11.7. The molecular formula is C15H26N2. The maximum atomic E-state index is 2.74. The van der Waals surface area contributed by atoms with Gasteiger partial charge in [-0.3, -0.25) is 9.80 Å². The van der Waals surface area contributed by atoms with E-state index in [1.807, 2.05) is 0 Å². The SMILES string of the molecule is CC1CN2CCCC2CN1CCC1=CCCC1. The van der Waals surface area contributed by atoms with Crippen molar-refractivity contribution in [3.05, 3.63) is 11.6 Å². The van der Waals surface area contributed by atoms with Crippen molar-refractivity contribution in [2.75, 3.05) is 26.2 Å². The van der Waals surface area contributed by atoms with Crippen molar-refractivity contribution in [3.63, 3.8) is 0 Å². The van der Waals surface area contributed by atoms with Gasteiger partial charge in [-0.15, -0.1) is 0 Å². The Morgan fingerprint density at radius 2 is 2.24 bits per heavy atom. The summed E-state index contributed by atoms with van der Waals surface area (Å²) in [6.45, 7) is 7.71. The summed E-state index contributed by atoms with van der Waals surface area (Å²) in [5.74, 6) is 0. The van der Waals surface area contributed by atoms with Crippen molar-refractivity contribution in [1.82, 2.24) is 9.80 Å². The Labute approximate surface area is 106 Å². The van der Waals surface area contributed by atoms with E-state index in [0.717, 1.165) is 12.1 Å². The van der Waals surface area contributed by atoms with E-state index < -0.39 is 0 Å². The van der Waals surface area contributed by atoms with E-state index in [0.29, 0.717) is 0 Å². The molecule has 2 heteroatoms. The third-order valence-corrected chi connectivity index (χ3v) is 4.92. The second-order valence-electron chi connectivity index (χ2n) is 6.14. The molecule has 96 valence electrons. The lowest BCUT2D eigenvalue weighted by Gasteiger charge is -2.42. The molecule has 2 fully saturated rings. The van der Waals surface area contributed by atoms with Crippen molar-refractivity contribution >= 4 is 0 Å². The zero-order valence-electron chi connectivity index (χ0n) is 11.2. The first-order chi connectivity index (χ1) is 8.33. The first-order valence-electron chi connectivity index (χ1n) is 7.49. The Morgan fingerprint density at radius 1 is 1.29 bits per heavy atom. The minimum atomic E-state index is 0.770. The Morgan fingerprint density at radius 3 is 3.06 bits per heavy atom. The van der Waals surface area contributed by atoms with Crippen molar-refractivity contribution < 1.29 is 0 Å². The predicted molar refractivity (Wildman–Crippen MR) is 72.2 cm³/mol. The molecule has 2 atom stereocenters. The van der Waals surface area contributed by atoms with Crippen LogP contribution in [0.3, 0.4) is 0 Å². The average molecular weight is 234 g/mol. The largest absolute Gasteiger partial charge is 0.298 e. The fourth-order valence-electron chi connectivity index (χ4n) is 3.81. The Kier molecular flexibility index (Phi) is 3.53. The monoisotopic (exact) mass is 234 g/mol. The molecule has 0 aromatic rings. The van der Waals surface area contributed by atoms with E-state index in [1.165, 1.54) is 64.7 Å². The van der Waals surface area contributed by atoms with Gasteiger partial charge in [-0.05, 0) is 52.0 Å². The minimum absolute atomic E-state index is 0.770. The summed E-state index contributed by atoms with van der Waals surface area (Å²) in [7, 11) is 0. The van der Waals surface area contributed by atoms with Gasteiger partial charge >= 0.3 is 0 Å². The normalized spacial score (nSPS) is 35.0. The molecule has 0 aromatic heterocycles. The van der Waals surface area contributed by atoms with E-state index in [4.69, 9.17) is 0 Å². The van der Waals surface area contributed by atoms with Gasteiger partial charge in [0.15, 0.2) is 0 Å². The lowest BCUT2D eigenvalue weighted by Crippen LogP contribution is -2.55. The number of hydrogen-bond acceptors (Lipinski definition) is 2. The molecule has 2 unspecified atom stereocenters. The lowest BCUT2D eigenvalue weighted by molar-refractivity contribution is 0.0604. The number of fused-ring (bicyclic) bond motifs is 1. The molecule has 2 heterocycles. The predicted octanol–water partition coefficient (Wildman–Crippen LogP) is 2.66. The highest BCUT2D eigenvalue weighted by Crippen LogP contribution is 2.26. The van der Waals surface area contributed by atoms with Gasteiger partial charge in [-0.25, -0.2) is 0 Å². The second-order valence-corrected chi connectivity index (χ2v) is 6.14. The third-order valence-electron chi connectivity index (χ3n) is 4.92. The maximum absolute atomic E-state index is 2.74. The molecule has 0 saturated carbocycles. The standard InChI is InChI=1S/C15H26N2/c1-13-11-17-9-4-7-15(17)12-16(13)10-8-14-5-2-3-6-14/h5,13,15H,2-4,6-12H2,1H3. The van der Waals surface area contributed by atoms with Gasteiger partial charge in [0.2, 0.25) is 0 Å². The molecule has 3 rings (SSSR count). The summed E-state index contributed by atoms with van der Waals surface area (Å²) < 4.78 is 0. The summed E-state index contributed by atoms with van der Waals surface area (Å²) in [6, 6.07) is 1.65. The Bertz CT molecular complexity index is 297. The van der Waals surface area contributed by atoms with Crippen molar-refractivity contribution in [1.29, 1.82) is 0 Å². The summed E-state index contributed by atoms with van der Waals surface area (Å²) in [4.78, 5) is 5.46. The van der Waals surface area contributed by atoms with E-state index in [2.05, 4.69) is 22.8 Å². The molecule has 0 aromatic carbocycles. The van der Waals surface area contributed by atoms with Crippen LogP contribution in [0.5, 0.6) is 0 Å². The lowest BCUT2D eigenvalue weighted by atomic mass is 10.1. The van der Waals surface area contributed by atoms with Gasteiger partial charge in [-0.1, -0.05) is 11.6 Å². The highest BCUT2D eigenvalue weighted by atomic mass is 15.3. The smallest absolute Gasteiger partial charge is 0.0224 e. The summed E-state index contributed by atoms with van der Waals surface area (Å²) in [5, 5.41) is 0. The summed E-state index contributed by atoms with van der Waals surface area (Å²) in [6.07, 6.45) is 10.8. The molecule has 0 spiro atoms. The van der Waals surface area contributed by atoms with Crippen LogP contribution in [0.15, 0.2) is 11.6 Å². The van der Waals surface area contributed by atoms with Crippen LogP contribution in [0.4, 0.5) is 0 Å². The van der Waals surface area contributed by atoms with Crippen molar-refractivity contribution in [2.45, 2.75) is 57.5 Å². The molecule has 2 saturated heterocycles. The van der Waals surface area contributed by atoms with Crippen LogP contribution in [-0.2, 0) is 0 Å². The number of allylic oxidation sites excluding steroid dienone is 1. The van der Waals surface area contributed by atoms with Gasteiger partial charge in [0, 0.05) is 31.7 Å². The van der Waals surface area contributed by atoms with Gasteiger partial charge in [0.05, 0.1) is 0 Å². The van der Waals surface area contributed by atoms with Gasteiger partial charge in [0.25, 0.3) is 0 Å². The average Bonchev–Trinajstić information content (AvgIpc) is 2.95. The number of nitrogens with zero attached hydrogens (tertiary/aromatic N) is 2. The molecule has 0 bridgehead atoms. The zero-order chi connectivity index (χ0) is 11.7. The van der Waals surface area contributed by atoms with Crippen molar-refractivity contribution in [2.24, 2.45) is 0 Å². The first-order valence-corrected chi connectivity index (χ1v) is 7.49. The van der Waals surface area contributed by atoms with Crippen LogP contribution >= 0.6 is 0 Å². The van der Waals surface area contributed by atoms with Crippen LogP contribution in [0.1, 0.15) is 45.4 Å². The molecule has 2 aliphatic heterocycles. The minimum Gasteiger partial charge on any atom is -0.298 e. The van der Waals surface area contributed by atoms with E-state index >= 15 is 0 Å². The highest BCUT2D eigenvalue weighted by molar-refractivity contribution is 5.08. The van der Waals surface area contributed by atoms with E-state index in [-0.39, 0.29) is 0 Å². The van der Waals surface area contributed by atoms with Crippen LogP contribution in [0, 0.1) is 0 Å². The number of rotatable bonds is 3. The fourth-order valence-corrected chi connectivity index (χ4v) is 3.81. The molecular weight excluding hydrogens is 208 g/mol. The molecule has 2 nitrogen and oxygen atoms in total. The zero-order valence-corrected chi connectivity index (χ0v) is 11.2. The molecule has 0 amide bonds. The molecule has 3 aliphatic rings. The quantitative estimate of drug-likeness (QED) is 0.693. The van der Waals surface area contributed by atoms with Crippen molar-refractivity contribution in [3.8, 4) is 0 Å². The topological polar surface area (TPSA) is 6.48 Å². The molecule has 17 heavy (non-hydrogen) atoms.